The van der Waals surface area contributed by atoms with Gasteiger partial charge in [0.15, 0.2) is 0 Å². The van der Waals surface area contributed by atoms with Crippen LogP contribution in [-0.2, 0) is 5.75 Å². The van der Waals surface area contributed by atoms with Crippen molar-refractivity contribution in [1.29, 1.82) is 0 Å². The van der Waals surface area contributed by atoms with Gasteiger partial charge in [-0.1, -0.05) is 12.1 Å². The van der Waals surface area contributed by atoms with Crippen LogP contribution in [0, 0.1) is 10.1 Å². The molecule has 1 N–H and O–H groups in total. The fraction of sp³-hybridized carbons (Fsp3) is 0.0769. The zero-order chi connectivity index (χ0) is 15.4. The first-order valence-corrected chi connectivity index (χ1v) is 7.51. The Bertz CT molecular complexity index is 691. The monoisotopic (exact) mass is 368 g/mol. The van der Waals surface area contributed by atoms with Gasteiger partial charge in [-0.2, -0.15) is 0 Å². The Morgan fingerprint density at radius 1 is 1.38 bits per heavy atom. The minimum atomic E-state index is -1.03. The molecule has 21 heavy (non-hydrogen) atoms. The van der Waals surface area contributed by atoms with Crippen LogP contribution in [-0.4, -0.2) is 21.0 Å². The molecule has 8 heteroatoms. The van der Waals surface area contributed by atoms with Crippen molar-refractivity contribution >= 4 is 39.3 Å². The summed E-state index contributed by atoms with van der Waals surface area (Å²) in [7, 11) is 0. The molecule has 0 fully saturated rings. The number of pyridine rings is 1. The van der Waals surface area contributed by atoms with E-state index in [1.165, 1.54) is 30.1 Å². The maximum Gasteiger partial charge on any atom is 0.337 e. The number of benzene rings is 1. The maximum absolute atomic E-state index is 10.9. The summed E-state index contributed by atoms with van der Waals surface area (Å²) in [6.07, 6.45) is 1.28. The second-order valence-corrected chi connectivity index (χ2v) is 5.77. The number of aromatic carboxylic acids is 1. The van der Waals surface area contributed by atoms with Crippen LogP contribution in [0.1, 0.15) is 15.9 Å². The van der Waals surface area contributed by atoms with E-state index in [0.717, 1.165) is 5.56 Å². The number of carboxylic acid groups (broad SMARTS) is 1. The van der Waals surface area contributed by atoms with Gasteiger partial charge >= 0.3 is 5.97 Å². The van der Waals surface area contributed by atoms with E-state index in [-0.39, 0.29) is 11.3 Å². The summed E-state index contributed by atoms with van der Waals surface area (Å²) in [6.45, 7) is 0. The van der Waals surface area contributed by atoms with E-state index in [0.29, 0.717) is 15.3 Å². The number of hydrogen-bond acceptors (Lipinski definition) is 5. The largest absolute Gasteiger partial charge is 0.478 e. The van der Waals surface area contributed by atoms with Gasteiger partial charge in [0.05, 0.1) is 20.0 Å². The van der Waals surface area contributed by atoms with E-state index in [1.807, 2.05) is 0 Å². The number of nitrogens with zero attached hydrogens (tertiary/aromatic N) is 2. The third kappa shape index (κ3) is 3.79. The zero-order valence-corrected chi connectivity index (χ0v) is 12.9. The standard InChI is InChI=1S/C13H9BrN2O4S/c14-12-9(2-1-3-10(12)16(19)20)7-21-11-5-4-8(6-15-11)13(17)18/h1-6H,7H2,(H,17,18). The summed E-state index contributed by atoms with van der Waals surface area (Å²) in [5, 5.41) is 20.3. The zero-order valence-electron chi connectivity index (χ0n) is 10.5. The number of halogens is 1. The number of hydrogen-bond donors (Lipinski definition) is 1. The summed E-state index contributed by atoms with van der Waals surface area (Å²) >= 11 is 4.60. The van der Waals surface area contributed by atoms with Crippen molar-refractivity contribution in [3.8, 4) is 0 Å². The number of carboxylic acids is 1. The lowest BCUT2D eigenvalue weighted by atomic mass is 10.2. The van der Waals surface area contributed by atoms with Gasteiger partial charge in [-0.3, -0.25) is 10.1 Å². The fourth-order valence-electron chi connectivity index (χ4n) is 1.56. The molecule has 0 aliphatic rings. The van der Waals surface area contributed by atoms with Gasteiger partial charge in [0.1, 0.15) is 0 Å². The van der Waals surface area contributed by atoms with E-state index in [4.69, 9.17) is 5.11 Å². The van der Waals surface area contributed by atoms with Gasteiger partial charge in [0.2, 0.25) is 0 Å². The molecule has 0 bridgehead atoms. The Kier molecular flexibility index (Phi) is 4.92. The van der Waals surface area contributed by atoms with Crippen molar-refractivity contribution in [2.24, 2.45) is 0 Å². The minimum absolute atomic E-state index is 0.0160. The third-order valence-corrected chi connectivity index (χ3v) is 4.52. The van der Waals surface area contributed by atoms with Gasteiger partial charge in [-0.05, 0) is 33.6 Å². The highest BCUT2D eigenvalue weighted by atomic mass is 79.9. The van der Waals surface area contributed by atoms with Gasteiger partial charge in [0, 0.05) is 18.0 Å². The average molecular weight is 369 g/mol. The molecule has 1 heterocycles. The van der Waals surface area contributed by atoms with Crippen LogP contribution < -0.4 is 0 Å². The molecule has 0 aliphatic heterocycles. The van der Waals surface area contributed by atoms with E-state index in [9.17, 15) is 14.9 Å². The van der Waals surface area contributed by atoms with Gasteiger partial charge in [0.25, 0.3) is 5.69 Å². The first kappa shape index (κ1) is 15.5. The van der Waals surface area contributed by atoms with E-state index in [2.05, 4.69) is 20.9 Å². The molecule has 0 atom stereocenters. The number of nitro groups is 1. The fourth-order valence-corrected chi connectivity index (χ4v) is 3.13. The second-order valence-electron chi connectivity index (χ2n) is 3.99. The SMILES string of the molecule is O=C(O)c1ccc(SCc2cccc([N+](=O)[O-])c2Br)nc1. The van der Waals surface area contributed by atoms with E-state index < -0.39 is 10.9 Å². The number of aromatic nitrogens is 1. The summed E-state index contributed by atoms with van der Waals surface area (Å²) in [4.78, 5) is 25.2. The van der Waals surface area contributed by atoms with Crippen LogP contribution in [0.5, 0.6) is 0 Å². The van der Waals surface area contributed by atoms with Crippen LogP contribution in [0.15, 0.2) is 46.0 Å². The lowest BCUT2D eigenvalue weighted by Gasteiger charge is -2.05. The highest BCUT2D eigenvalue weighted by Gasteiger charge is 2.15. The highest BCUT2D eigenvalue weighted by molar-refractivity contribution is 9.10. The van der Waals surface area contributed by atoms with E-state index in [1.54, 1.807) is 18.2 Å². The van der Waals surface area contributed by atoms with Crippen LogP contribution in [0.2, 0.25) is 0 Å². The quantitative estimate of drug-likeness (QED) is 0.490. The maximum atomic E-state index is 10.9. The first-order chi connectivity index (χ1) is 9.99. The van der Waals surface area contributed by atoms with Gasteiger partial charge in [-0.25, -0.2) is 9.78 Å². The number of carbonyl (C=O) groups is 1. The molecular weight excluding hydrogens is 360 g/mol. The number of nitro benzene ring substituents is 1. The third-order valence-electron chi connectivity index (χ3n) is 2.61. The lowest BCUT2D eigenvalue weighted by molar-refractivity contribution is -0.385. The Hall–Kier alpha value is -1.93. The van der Waals surface area contributed by atoms with Gasteiger partial charge in [-0.15, -0.1) is 11.8 Å². The van der Waals surface area contributed by atoms with Crippen LogP contribution in [0.25, 0.3) is 0 Å². The highest BCUT2D eigenvalue weighted by Crippen LogP contribution is 2.32. The molecule has 0 saturated carbocycles. The Balaban J connectivity index is 2.11. The predicted octanol–water partition coefficient (Wildman–Crippen LogP) is 3.74. The summed E-state index contributed by atoms with van der Waals surface area (Å²) < 4.78 is 0.449. The molecule has 2 rings (SSSR count). The van der Waals surface area contributed by atoms with Crippen LogP contribution in [0.3, 0.4) is 0 Å². The second kappa shape index (κ2) is 6.68. The molecule has 108 valence electrons. The average Bonchev–Trinajstić information content (AvgIpc) is 2.46. The summed E-state index contributed by atoms with van der Waals surface area (Å²) in [5.41, 5.74) is 0.913. The van der Waals surface area contributed by atoms with Gasteiger partial charge < -0.3 is 5.11 Å². The van der Waals surface area contributed by atoms with Crippen molar-refractivity contribution in [2.75, 3.05) is 0 Å². The Morgan fingerprint density at radius 3 is 2.71 bits per heavy atom. The van der Waals surface area contributed by atoms with Crippen LogP contribution >= 0.6 is 27.7 Å². The topological polar surface area (TPSA) is 93.3 Å². The first-order valence-electron chi connectivity index (χ1n) is 5.73. The molecule has 2 aromatic rings. The minimum Gasteiger partial charge on any atom is -0.478 e. The molecule has 0 radical (unpaired) electrons. The lowest BCUT2D eigenvalue weighted by Crippen LogP contribution is -1.97. The molecular formula is C13H9BrN2O4S. The molecule has 0 aliphatic carbocycles. The number of rotatable bonds is 5. The van der Waals surface area contributed by atoms with Crippen molar-refractivity contribution in [3.05, 3.63) is 62.2 Å². The molecule has 0 saturated heterocycles. The summed E-state index contributed by atoms with van der Waals surface area (Å²) in [6, 6.07) is 7.92. The summed E-state index contributed by atoms with van der Waals surface area (Å²) in [5.74, 6) is -0.540. The van der Waals surface area contributed by atoms with Crippen molar-refractivity contribution < 1.29 is 14.8 Å². The number of thioether (sulfide) groups is 1. The Morgan fingerprint density at radius 2 is 2.14 bits per heavy atom. The molecule has 0 unspecified atom stereocenters. The van der Waals surface area contributed by atoms with Crippen molar-refractivity contribution in [1.82, 2.24) is 4.98 Å². The van der Waals surface area contributed by atoms with Crippen LogP contribution in [0.4, 0.5) is 5.69 Å². The van der Waals surface area contributed by atoms with Crippen molar-refractivity contribution in [2.45, 2.75) is 10.8 Å². The van der Waals surface area contributed by atoms with Crippen molar-refractivity contribution in [3.63, 3.8) is 0 Å². The molecule has 1 aromatic carbocycles. The van der Waals surface area contributed by atoms with E-state index >= 15 is 0 Å². The molecule has 6 nitrogen and oxygen atoms in total. The molecule has 1 aromatic heterocycles. The Labute approximate surface area is 132 Å². The smallest absolute Gasteiger partial charge is 0.337 e. The molecule has 0 amide bonds. The molecule has 0 spiro atoms. The normalized spacial score (nSPS) is 10.3. The predicted molar refractivity (Wildman–Crippen MR) is 81.6 cm³/mol.